The summed E-state index contributed by atoms with van der Waals surface area (Å²) in [5.74, 6) is 0.118. The van der Waals surface area contributed by atoms with Crippen LogP contribution in [-0.2, 0) is 14.8 Å². The van der Waals surface area contributed by atoms with Crippen molar-refractivity contribution in [3.8, 4) is 0 Å². The van der Waals surface area contributed by atoms with Crippen molar-refractivity contribution in [2.45, 2.75) is 51.0 Å². The Kier molecular flexibility index (Phi) is 7.86. The minimum absolute atomic E-state index is 0.0545. The molecule has 1 aliphatic rings. The summed E-state index contributed by atoms with van der Waals surface area (Å²) in [4.78, 5) is 12.9. The topological polar surface area (TPSA) is 78.5 Å². The fraction of sp³-hybridized carbons (Fsp3) is 0.458. The zero-order valence-corrected chi connectivity index (χ0v) is 19.4. The van der Waals surface area contributed by atoms with Crippen molar-refractivity contribution >= 4 is 21.6 Å². The molecule has 1 aliphatic heterocycles. The number of rotatable bonds is 8. The zero-order valence-electron chi connectivity index (χ0n) is 18.6. The van der Waals surface area contributed by atoms with Crippen LogP contribution in [0, 0.1) is 12.8 Å². The highest BCUT2D eigenvalue weighted by Gasteiger charge is 2.26. The van der Waals surface area contributed by atoms with E-state index in [1.54, 1.807) is 22.5 Å². The van der Waals surface area contributed by atoms with E-state index in [-0.39, 0.29) is 23.4 Å². The molecule has 7 heteroatoms. The summed E-state index contributed by atoms with van der Waals surface area (Å²) in [6.45, 7) is 7.33. The predicted molar refractivity (Wildman–Crippen MR) is 124 cm³/mol. The number of sulfonamides is 1. The lowest BCUT2D eigenvalue weighted by atomic mass is 9.96. The number of amides is 1. The molecule has 0 spiro atoms. The Morgan fingerprint density at radius 1 is 1.03 bits per heavy atom. The molecule has 0 aromatic heterocycles. The van der Waals surface area contributed by atoms with Gasteiger partial charge >= 0.3 is 0 Å². The van der Waals surface area contributed by atoms with E-state index in [4.69, 9.17) is 0 Å². The average molecular weight is 444 g/mol. The Morgan fingerprint density at radius 2 is 1.71 bits per heavy atom. The van der Waals surface area contributed by atoms with E-state index in [1.165, 1.54) is 0 Å². The molecule has 31 heavy (non-hydrogen) atoms. The van der Waals surface area contributed by atoms with Gasteiger partial charge in [0.05, 0.1) is 11.4 Å². The first kappa shape index (κ1) is 23.4. The maximum absolute atomic E-state index is 13.0. The van der Waals surface area contributed by atoms with Gasteiger partial charge in [0.25, 0.3) is 0 Å². The number of carbonyl (C=O) groups is 1. The molecule has 1 fully saturated rings. The third-order valence-corrected chi connectivity index (χ3v) is 7.64. The minimum atomic E-state index is -3.54. The Morgan fingerprint density at radius 3 is 2.35 bits per heavy atom. The fourth-order valence-corrected chi connectivity index (χ4v) is 5.49. The van der Waals surface area contributed by atoms with E-state index in [2.05, 4.69) is 36.6 Å². The number of hydrogen-bond acceptors (Lipinski definition) is 4. The summed E-state index contributed by atoms with van der Waals surface area (Å²) in [5.41, 5.74) is 2.50. The van der Waals surface area contributed by atoms with Gasteiger partial charge in [0.1, 0.15) is 0 Å². The highest BCUT2D eigenvalue weighted by molar-refractivity contribution is 7.89. The van der Waals surface area contributed by atoms with Crippen LogP contribution in [0.2, 0.25) is 0 Å². The van der Waals surface area contributed by atoms with Crippen molar-refractivity contribution in [2.24, 2.45) is 5.92 Å². The van der Waals surface area contributed by atoms with E-state index >= 15 is 0 Å². The number of nitrogens with one attached hydrogen (secondary N) is 2. The van der Waals surface area contributed by atoms with Crippen LogP contribution in [0.4, 0.5) is 5.69 Å². The van der Waals surface area contributed by atoms with Gasteiger partial charge in [-0.3, -0.25) is 4.79 Å². The molecule has 1 amide bonds. The van der Waals surface area contributed by atoms with Crippen LogP contribution >= 0.6 is 0 Å². The lowest BCUT2D eigenvalue weighted by molar-refractivity contribution is -0.115. The van der Waals surface area contributed by atoms with Crippen LogP contribution in [0.5, 0.6) is 0 Å². The molecule has 0 radical (unpaired) electrons. The third kappa shape index (κ3) is 5.93. The molecular formula is C24H33N3O3S. The second kappa shape index (κ2) is 10.4. The summed E-state index contributed by atoms with van der Waals surface area (Å²) < 4.78 is 27.5. The molecule has 2 N–H and O–H groups in total. The molecule has 0 saturated carbocycles. The third-order valence-electron chi connectivity index (χ3n) is 5.74. The molecule has 0 bridgehead atoms. The van der Waals surface area contributed by atoms with Gasteiger partial charge in [-0.25, -0.2) is 8.42 Å². The van der Waals surface area contributed by atoms with Crippen molar-refractivity contribution in [1.82, 2.24) is 9.62 Å². The van der Waals surface area contributed by atoms with Gasteiger partial charge in [0.2, 0.25) is 15.9 Å². The van der Waals surface area contributed by atoms with Gasteiger partial charge in [0.15, 0.2) is 0 Å². The van der Waals surface area contributed by atoms with Crippen molar-refractivity contribution in [3.63, 3.8) is 0 Å². The monoisotopic (exact) mass is 443 g/mol. The summed E-state index contributed by atoms with van der Waals surface area (Å²) in [6, 6.07) is 15.1. The molecule has 0 aliphatic carbocycles. The van der Waals surface area contributed by atoms with E-state index in [9.17, 15) is 13.2 Å². The molecule has 168 valence electrons. The average Bonchev–Trinajstić information content (AvgIpc) is 2.76. The SMILES string of the molecule is Cc1ccc(S(=O)(=O)N2CCCCC2)cc1NC(=O)CN[C@@H](c1ccccc1)C(C)C. The van der Waals surface area contributed by atoms with E-state index in [0.29, 0.717) is 24.7 Å². The quantitative estimate of drug-likeness (QED) is 0.644. The van der Waals surface area contributed by atoms with Crippen LogP contribution in [-0.4, -0.2) is 38.3 Å². The molecule has 0 unspecified atom stereocenters. The first-order valence-corrected chi connectivity index (χ1v) is 12.4. The number of aryl methyl sites for hydroxylation is 1. The first-order valence-electron chi connectivity index (χ1n) is 11.0. The molecule has 1 saturated heterocycles. The van der Waals surface area contributed by atoms with Crippen LogP contribution in [0.3, 0.4) is 0 Å². The molecular weight excluding hydrogens is 410 g/mol. The van der Waals surface area contributed by atoms with Gasteiger partial charge in [-0.1, -0.05) is 56.7 Å². The maximum Gasteiger partial charge on any atom is 0.243 e. The molecule has 2 aromatic rings. The Bertz CT molecular complexity index is 984. The molecule has 6 nitrogen and oxygen atoms in total. The van der Waals surface area contributed by atoms with E-state index < -0.39 is 10.0 Å². The number of piperidine rings is 1. The fourth-order valence-electron chi connectivity index (χ4n) is 3.95. The van der Waals surface area contributed by atoms with Gasteiger partial charge in [-0.2, -0.15) is 4.31 Å². The summed E-state index contributed by atoms with van der Waals surface area (Å²) in [7, 11) is -3.54. The van der Waals surface area contributed by atoms with Crippen molar-refractivity contribution in [2.75, 3.05) is 25.0 Å². The number of anilines is 1. The van der Waals surface area contributed by atoms with Crippen LogP contribution < -0.4 is 10.6 Å². The summed E-state index contributed by atoms with van der Waals surface area (Å²) in [5, 5.41) is 6.22. The normalized spacial score (nSPS) is 16.3. The van der Waals surface area contributed by atoms with Crippen molar-refractivity contribution < 1.29 is 13.2 Å². The second-order valence-corrected chi connectivity index (χ2v) is 10.4. The standard InChI is InChI=1S/C24H33N3O3S/c1-18(2)24(20-10-6-4-7-11-20)25-17-23(28)26-22-16-21(13-12-19(22)3)31(29,30)27-14-8-5-9-15-27/h4,6-7,10-13,16,18,24-25H,5,8-9,14-15,17H2,1-3H3,(H,26,28)/t24-/m1/s1. The van der Waals surface area contributed by atoms with Crippen molar-refractivity contribution in [1.29, 1.82) is 0 Å². The Balaban J connectivity index is 1.69. The number of hydrogen-bond donors (Lipinski definition) is 2. The van der Waals surface area contributed by atoms with Crippen LogP contribution in [0.1, 0.15) is 50.3 Å². The molecule has 1 heterocycles. The largest absolute Gasteiger partial charge is 0.325 e. The predicted octanol–water partition coefficient (Wildman–Crippen LogP) is 4.10. The van der Waals surface area contributed by atoms with Gasteiger partial charge in [-0.15, -0.1) is 0 Å². The smallest absolute Gasteiger partial charge is 0.243 e. The number of nitrogens with zero attached hydrogens (tertiary/aromatic N) is 1. The Labute approximate surface area is 186 Å². The zero-order chi connectivity index (χ0) is 22.4. The van der Waals surface area contributed by atoms with Gasteiger partial charge in [-0.05, 0) is 48.9 Å². The number of carbonyl (C=O) groups excluding carboxylic acids is 1. The molecule has 1 atom stereocenters. The summed E-state index contributed by atoms with van der Waals surface area (Å²) in [6.07, 6.45) is 2.84. The first-order chi connectivity index (χ1) is 14.8. The van der Waals surface area contributed by atoms with E-state index in [0.717, 1.165) is 30.4 Å². The minimum Gasteiger partial charge on any atom is -0.325 e. The van der Waals surface area contributed by atoms with E-state index in [1.807, 2.05) is 25.1 Å². The van der Waals surface area contributed by atoms with Crippen LogP contribution in [0.15, 0.2) is 53.4 Å². The highest BCUT2D eigenvalue weighted by atomic mass is 32.2. The Hall–Kier alpha value is -2.22. The lowest BCUT2D eigenvalue weighted by Gasteiger charge is -2.26. The lowest BCUT2D eigenvalue weighted by Crippen LogP contribution is -2.35. The van der Waals surface area contributed by atoms with Gasteiger partial charge in [0, 0.05) is 24.8 Å². The molecule has 2 aromatic carbocycles. The number of benzene rings is 2. The van der Waals surface area contributed by atoms with Crippen molar-refractivity contribution in [3.05, 3.63) is 59.7 Å². The van der Waals surface area contributed by atoms with Crippen LogP contribution in [0.25, 0.3) is 0 Å². The summed E-state index contributed by atoms with van der Waals surface area (Å²) >= 11 is 0. The maximum atomic E-state index is 13.0. The second-order valence-electron chi connectivity index (χ2n) is 8.50. The molecule has 3 rings (SSSR count). The highest BCUT2D eigenvalue weighted by Crippen LogP contribution is 2.25. The van der Waals surface area contributed by atoms with Gasteiger partial charge < -0.3 is 10.6 Å².